The van der Waals surface area contributed by atoms with Crippen molar-refractivity contribution in [3.05, 3.63) is 65.7 Å². The zero-order valence-electron chi connectivity index (χ0n) is 10.7. The molecule has 0 aliphatic carbocycles. The molecule has 100 valence electrons. The molecule has 3 heteroatoms. The maximum absolute atomic E-state index is 9.72. The fourth-order valence-corrected chi connectivity index (χ4v) is 1.82. The van der Waals surface area contributed by atoms with E-state index in [1.165, 1.54) is 0 Å². The third kappa shape index (κ3) is 4.09. The largest absolute Gasteiger partial charge is 0.489 e. The molecule has 1 unspecified atom stereocenters. The first-order valence-electron chi connectivity index (χ1n) is 6.35. The first-order valence-corrected chi connectivity index (χ1v) is 6.35. The summed E-state index contributed by atoms with van der Waals surface area (Å²) in [7, 11) is 0. The van der Waals surface area contributed by atoms with Gasteiger partial charge in [-0.15, -0.1) is 0 Å². The van der Waals surface area contributed by atoms with Crippen molar-refractivity contribution >= 4 is 0 Å². The second-order valence-electron chi connectivity index (χ2n) is 4.37. The molecule has 3 nitrogen and oxygen atoms in total. The molecule has 2 rings (SSSR count). The fourth-order valence-electron chi connectivity index (χ4n) is 1.82. The van der Waals surface area contributed by atoms with Crippen LogP contribution in [0.1, 0.15) is 23.7 Å². The molecule has 2 aromatic carbocycles. The molecule has 0 radical (unpaired) electrons. The molecule has 0 aliphatic rings. The quantitative estimate of drug-likeness (QED) is 0.837. The van der Waals surface area contributed by atoms with E-state index in [1.54, 1.807) is 0 Å². The van der Waals surface area contributed by atoms with Gasteiger partial charge in [0.1, 0.15) is 12.4 Å². The smallest absolute Gasteiger partial charge is 0.119 e. The van der Waals surface area contributed by atoms with E-state index in [0.717, 1.165) is 16.9 Å². The first-order chi connectivity index (χ1) is 9.29. The number of aliphatic hydroxyl groups excluding tert-OH is 2. The van der Waals surface area contributed by atoms with Crippen molar-refractivity contribution in [3.8, 4) is 5.75 Å². The molecular weight excluding hydrogens is 240 g/mol. The molecule has 0 saturated carbocycles. The van der Waals surface area contributed by atoms with Gasteiger partial charge in [0, 0.05) is 13.0 Å². The highest BCUT2D eigenvalue weighted by molar-refractivity contribution is 5.29. The highest BCUT2D eigenvalue weighted by Gasteiger charge is 2.06. The van der Waals surface area contributed by atoms with Gasteiger partial charge in [0.15, 0.2) is 0 Å². The Morgan fingerprint density at radius 2 is 1.63 bits per heavy atom. The normalized spacial score (nSPS) is 12.1. The number of hydrogen-bond acceptors (Lipinski definition) is 3. The van der Waals surface area contributed by atoms with Gasteiger partial charge in [-0.1, -0.05) is 42.5 Å². The van der Waals surface area contributed by atoms with Gasteiger partial charge in [0.2, 0.25) is 0 Å². The summed E-state index contributed by atoms with van der Waals surface area (Å²) < 4.78 is 5.66. The van der Waals surface area contributed by atoms with Gasteiger partial charge >= 0.3 is 0 Å². The van der Waals surface area contributed by atoms with Crippen molar-refractivity contribution in [2.45, 2.75) is 19.1 Å². The van der Waals surface area contributed by atoms with Gasteiger partial charge < -0.3 is 14.9 Å². The van der Waals surface area contributed by atoms with Crippen molar-refractivity contribution in [2.24, 2.45) is 0 Å². The summed E-state index contributed by atoms with van der Waals surface area (Å²) in [5, 5.41) is 18.5. The van der Waals surface area contributed by atoms with Crippen molar-refractivity contribution in [1.29, 1.82) is 0 Å². The van der Waals surface area contributed by atoms with Crippen LogP contribution in [-0.2, 0) is 6.61 Å². The zero-order chi connectivity index (χ0) is 13.5. The standard InChI is InChI=1S/C16H18O3/c17-11-10-16(18)14-6-8-15(9-7-14)19-12-13-4-2-1-3-5-13/h1-9,16-18H,10-12H2. The van der Waals surface area contributed by atoms with Crippen LogP contribution in [-0.4, -0.2) is 16.8 Å². The lowest BCUT2D eigenvalue weighted by Crippen LogP contribution is -2.00. The van der Waals surface area contributed by atoms with E-state index in [0.29, 0.717) is 13.0 Å². The molecule has 2 aromatic rings. The lowest BCUT2D eigenvalue weighted by Gasteiger charge is -2.11. The van der Waals surface area contributed by atoms with Gasteiger partial charge in [-0.3, -0.25) is 0 Å². The third-order valence-corrected chi connectivity index (χ3v) is 2.92. The van der Waals surface area contributed by atoms with Crippen LogP contribution < -0.4 is 4.74 Å². The monoisotopic (exact) mass is 258 g/mol. The van der Waals surface area contributed by atoms with Crippen molar-refractivity contribution in [3.63, 3.8) is 0 Å². The molecule has 0 fully saturated rings. The maximum atomic E-state index is 9.72. The van der Waals surface area contributed by atoms with Crippen LogP contribution in [0.4, 0.5) is 0 Å². The summed E-state index contributed by atoms with van der Waals surface area (Å²) in [5.74, 6) is 0.767. The van der Waals surface area contributed by atoms with Crippen molar-refractivity contribution in [1.82, 2.24) is 0 Å². The Morgan fingerprint density at radius 3 is 2.26 bits per heavy atom. The summed E-state index contributed by atoms with van der Waals surface area (Å²) in [6.07, 6.45) is -0.266. The SMILES string of the molecule is OCCC(O)c1ccc(OCc2ccccc2)cc1. The molecule has 0 heterocycles. The van der Waals surface area contributed by atoms with E-state index in [-0.39, 0.29) is 6.61 Å². The number of rotatable bonds is 6. The highest BCUT2D eigenvalue weighted by atomic mass is 16.5. The number of hydrogen-bond donors (Lipinski definition) is 2. The van der Waals surface area contributed by atoms with Crippen molar-refractivity contribution in [2.75, 3.05) is 6.61 Å². The number of aliphatic hydroxyl groups is 2. The topological polar surface area (TPSA) is 49.7 Å². The summed E-state index contributed by atoms with van der Waals surface area (Å²) in [6, 6.07) is 17.3. The van der Waals surface area contributed by atoms with E-state index >= 15 is 0 Å². The molecule has 19 heavy (non-hydrogen) atoms. The summed E-state index contributed by atoms with van der Waals surface area (Å²) in [6.45, 7) is 0.507. The van der Waals surface area contributed by atoms with Gasteiger partial charge in [-0.05, 0) is 23.3 Å². The highest BCUT2D eigenvalue weighted by Crippen LogP contribution is 2.20. The predicted molar refractivity (Wildman–Crippen MR) is 73.9 cm³/mol. The molecule has 0 aliphatic heterocycles. The molecule has 0 bridgehead atoms. The molecule has 0 spiro atoms. The molecule has 0 aromatic heterocycles. The molecular formula is C16H18O3. The molecule has 0 saturated heterocycles. The third-order valence-electron chi connectivity index (χ3n) is 2.92. The second kappa shape index (κ2) is 6.92. The van der Waals surface area contributed by atoms with E-state index in [9.17, 15) is 5.11 Å². The first kappa shape index (κ1) is 13.6. The second-order valence-corrected chi connectivity index (χ2v) is 4.37. The van der Waals surface area contributed by atoms with Crippen LogP contribution in [0.15, 0.2) is 54.6 Å². The minimum atomic E-state index is -0.617. The minimum absolute atomic E-state index is 0.0204. The van der Waals surface area contributed by atoms with Crippen LogP contribution in [0.3, 0.4) is 0 Å². The Hall–Kier alpha value is -1.84. The Morgan fingerprint density at radius 1 is 0.947 bits per heavy atom. The summed E-state index contributed by atoms with van der Waals surface area (Å²) in [5.41, 5.74) is 1.91. The Balaban J connectivity index is 1.92. The Bertz CT molecular complexity index is 479. The lowest BCUT2D eigenvalue weighted by atomic mass is 10.1. The van der Waals surface area contributed by atoms with Crippen LogP contribution in [0, 0.1) is 0 Å². The lowest BCUT2D eigenvalue weighted by molar-refractivity contribution is 0.134. The van der Waals surface area contributed by atoms with Crippen LogP contribution in [0.25, 0.3) is 0 Å². The number of benzene rings is 2. The van der Waals surface area contributed by atoms with Gasteiger partial charge in [-0.2, -0.15) is 0 Å². The average Bonchev–Trinajstić information content (AvgIpc) is 2.47. The molecule has 1 atom stereocenters. The van der Waals surface area contributed by atoms with Crippen molar-refractivity contribution < 1.29 is 14.9 Å². The van der Waals surface area contributed by atoms with Crippen LogP contribution >= 0.6 is 0 Å². The maximum Gasteiger partial charge on any atom is 0.119 e. The summed E-state index contributed by atoms with van der Waals surface area (Å²) in [4.78, 5) is 0. The van der Waals surface area contributed by atoms with Gasteiger partial charge in [0.05, 0.1) is 6.10 Å². The molecule has 2 N–H and O–H groups in total. The van der Waals surface area contributed by atoms with E-state index in [4.69, 9.17) is 9.84 Å². The average molecular weight is 258 g/mol. The van der Waals surface area contributed by atoms with Crippen LogP contribution in [0.5, 0.6) is 5.75 Å². The fraction of sp³-hybridized carbons (Fsp3) is 0.250. The summed E-state index contributed by atoms with van der Waals surface area (Å²) >= 11 is 0. The van der Waals surface area contributed by atoms with Gasteiger partial charge in [0.25, 0.3) is 0 Å². The van der Waals surface area contributed by atoms with E-state index in [1.807, 2.05) is 54.6 Å². The minimum Gasteiger partial charge on any atom is -0.489 e. The van der Waals surface area contributed by atoms with E-state index in [2.05, 4.69) is 0 Å². The Kier molecular flexibility index (Phi) is 4.95. The van der Waals surface area contributed by atoms with E-state index < -0.39 is 6.10 Å². The predicted octanol–water partition coefficient (Wildman–Crippen LogP) is 2.68. The molecule has 0 amide bonds. The zero-order valence-corrected chi connectivity index (χ0v) is 10.7. The number of ether oxygens (including phenoxy) is 1. The van der Waals surface area contributed by atoms with Crippen LogP contribution in [0.2, 0.25) is 0 Å². The van der Waals surface area contributed by atoms with Gasteiger partial charge in [-0.25, -0.2) is 0 Å². The Labute approximate surface area is 113 Å².